The normalized spacial score (nSPS) is 11.2. The number of hydrogen-bond acceptors (Lipinski definition) is 4. The van der Waals surface area contributed by atoms with E-state index < -0.39 is 0 Å². The summed E-state index contributed by atoms with van der Waals surface area (Å²) in [5, 5.41) is 12.1. The minimum absolute atomic E-state index is 0.303. The summed E-state index contributed by atoms with van der Waals surface area (Å²) in [5.41, 5.74) is 9.41. The number of nitrogens with one attached hydrogen (secondary N) is 2. The fourth-order valence-corrected chi connectivity index (χ4v) is 3.69. The Kier molecular flexibility index (Phi) is 5.47. The molecule has 0 spiro atoms. The third-order valence-electron chi connectivity index (χ3n) is 5.41. The average molecular weight is 431 g/mol. The van der Waals surface area contributed by atoms with Crippen molar-refractivity contribution in [3.8, 4) is 22.5 Å². The summed E-state index contributed by atoms with van der Waals surface area (Å²) in [6.07, 6.45) is 3.28. The van der Waals surface area contributed by atoms with Crippen LogP contribution in [0, 0.1) is 6.92 Å². The molecule has 2 aromatic heterocycles. The summed E-state index contributed by atoms with van der Waals surface area (Å²) in [6, 6.07) is 27.3. The summed E-state index contributed by atoms with van der Waals surface area (Å²) in [5.74, 6) is -0.303. The fraction of sp³-hybridized carbons (Fsp3) is 0.0370. The highest BCUT2D eigenvalue weighted by atomic mass is 16.2. The highest BCUT2D eigenvalue weighted by Crippen LogP contribution is 2.25. The minimum atomic E-state index is -0.303. The molecule has 6 nitrogen and oxygen atoms in total. The molecule has 1 amide bonds. The van der Waals surface area contributed by atoms with Crippen molar-refractivity contribution in [3.63, 3.8) is 0 Å². The molecule has 0 radical (unpaired) electrons. The van der Waals surface area contributed by atoms with Crippen molar-refractivity contribution < 1.29 is 4.79 Å². The lowest BCUT2D eigenvalue weighted by atomic mass is 10.0. The van der Waals surface area contributed by atoms with Crippen LogP contribution in [-0.4, -0.2) is 27.3 Å². The number of para-hydroxylation sites is 1. The van der Waals surface area contributed by atoms with Crippen LogP contribution >= 0.6 is 0 Å². The van der Waals surface area contributed by atoms with Gasteiger partial charge in [-0.2, -0.15) is 10.2 Å². The van der Waals surface area contributed by atoms with Crippen molar-refractivity contribution in [2.45, 2.75) is 6.92 Å². The zero-order valence-corrected chi connectivity index (χ0v) is 18.0. The van der Waals surface area contributed by atoms with Gasteiger partial charge in [-0.1, -0.05) is 78.4 Å². The lowest BCUT2D eigenvalue weighted by Gasteiger charge is -2.09. The van der Waals surface area contributed by atoms with Crippen molar-refractivity contribution in [1.29, 1.82) is 0 Å². The zero-order chi connectivity index (χ0) is 22.6. The number of carbonyl (C=O) groups excluding carboxylic acids is 1. The van der Waals surface area contributed by atoms with Crippen LogP contribution in [-0.2, 0) is 0 Å². The first-order valence-electron chi connectivity index (χ1n) is 10.6. The van der Waals surface area contributed by atoms with Crippen LogP contribution in [0.3, 0.4) is 0 Å². The molecule has 0 aliphatic carbocycles. The first kappa shape index (κ1) is 20.3. The Hall–Kier alpha value is -4.58. The largest absolute Gasteiger partial charge is 0.277 e. The molecule has 3 aromatic carbocycles. The summed E-state index contributed by atoms with van der Waals surface area (Å²) < 4.78 is 0. The molecule has 6 heteroatoms. The van der Waals surface area contributed by atoms with E-state index >= 15 is 0 Å². The number of nitrogens with zero attached hydrogens (tertiary/aromatic N) is 3. The molecular formula is C27H21N5O. The lowest BCUT2D eigenvalue weighted by Crippen LogP contribution is -2.18. The number of carbonyl (C=O) groups is 1. The third-order valence-corrected chi connectivity index (χ3v) is 5.41. The van der Waals surface area contributed by atoms with Crippen molar-refractivity contribution in [2.24, 2.45) is 5.10 Å². The van der Waals surface area contributed by atoms with Crippen LogP contribution in [0.1, 0.15) is 21.5 Å². The van der Waals surface area contributed by atoms with Gasteiger partial charge >= 0.3 is 0 Å². The number of H-pyrrole nitrogens is 1. The number of aryl methyl sites for hydroxylation is 1. The van der Waals surface area contributed by atoms with Gasteiger partial charge < -0.3 is 0 Å². The molecule has 0 saturated heterocycles. The van der Waals surface area contributed by atoms with Gasteiger partial charge in [-0.3, -0.25) is 9.89 Å². The van der Waals surface area contributed by atoms with E-state index in [1.54, 1.807) is 18.5 Å². The SMILES string of the molecule is Cc1ccc(-c2[nH]ncc2/C=N\NC(=O)c2cc(-c3ccccc3)nc3ccccc23)cc1. The van der Waals surface area contributed by atoms with Gasteiger partial charge in [0.15, 0.2) is 0 Å². The topological polar surface area (TPSA) is 83.0 Å². The first-order valence-corrected chi connectivity index (χ1v) is 10.6. The maximum Gasteiger partial charge on any atom is 0.272 e. The molecule has 0 aliphatic heterocycles. The molecule has 0 atom stereocenters. The Labute approximate surface area is 191 Å². The van der Waals surface area contributed by atoms with Crippen molar-refractivity contribution >= 4 is 23.0 Å². The molecule has 2 heterocycles. The van der Waals surface area contributed by atoms with Crippen LogP contribution in [0.5, 0.6) is 0 Å². The van der Waals surface area contributed by atoms with Crippen LogP contribution < -0.4 is 5.43 Å². The maximum absolute atomic E-state index is 13.1. The number of hydrogen-bond donors (Lipinski definition) is 2. The van der Waals surface area contributed by atoms with E-state index in [4.69, 9.17) is 4.98 Å². The number of fused-ring (bicyclic) bond motifs is 1. The van der Waals surface area contributed by atoms with Gasteiger partial charge in [0, 0.05) is 22.1 Å². The molecule has 160 valence electrons. The number of hydrazone groups is 1. The van der Waals surface area contributed by atoms with E-state index in [0.29, 0.717) is 5.56 Å². The molecule has 0 bridgehead atoms. The van der Waals surface area contributed by atoms with E-state index in [-0.39, 0.29) is 5.91 Å². The highest BCUT2D eigenvalue weighted by molar-refractivity contribution is 6.07. The second kappa shape index (κ2) is 8.88. The van der Waals surface area contributed by atoms with Crippen LogP contribution in [0.4, 0.5) is 0 Å². The Morgan fingerprint density at radius 2 is 1.70 bits per heavy atom. The maximum atomic E-state index is 13.1. The summed E-state index contributed by atoms with van der Waals surface area (Å²) >= 11 is 0. The van der Waals surface area contributed by atoms with Crippen molar-refractivity contribution in [2.75, 3.05) is 0 Å². The van der Waals surface area contributed by atoms with Gasteiger partial charge in [0.2, 0.25) is 0 Å². The smallest absolute Gasteiger partial charge is 0.272 e. The van der Waals surface area contributed by atoms with Crippen molar-refractivity contribution in [1.82, 2.24) is 20.6 Å². The van der Waals surface area contributed by atoms with Gasteiger partial charge in [0.05, 0.1) is 34.9 Å². The number of benzene rings is 3. The van der Waals surface area contributed by atoms with Crippen LogP contribution in [0.15, 0.2) is 96.2 Å². The molecule has 0 aliphatic rings. The molecule has 5 rings (SSSR count). The Balaban J connectivity index is 1.43. The molecular weight excluding hydrogens is 410 g/mol. The Morgan fingerprint density at radius 1 is 0.939 bits per heavy atom. The standard InChI is InChI=1S/C27H21N5O/c1-18-11-13-20(14-12-18)26-21(16-28-31-26)17-29-32-27(33)23-15-25(19-7-3-2-4-8-19)30-24-10-6-5-9-22(23)24/h2-17H,1H3,(H,28,31)(H,32,33)/b29-17-. The van der Waals surface area contributed by atoms with Gasteiger partial charge in [0.25, 0.3) is 5.91 Å². The molecule has 0 saturated carbocycles. The number of aromatic amines is 1. The first-order chi connectivity index (χ1) is 16.2. The quantitative estimate of drug-likeness (QED) is 0.290. The monoisotopic (exact) mass is 431 g/mol. The van der Waals surface area contributed by atoms with E-state index in [9.17, 15) is 4.79 Å². The highest BCUT2D eigenvalue weighted by Gasteiger charge is 2.14. The third kappa shape index (κ3) is 4.27. The second-order valence-corrected chi connectivity index (χ2v) is 7.70. The number of amides is 1. The zero-order valence-electron chi connectivity index (χ0n) is 18.0. The second-order valence-electron chi connectivity index (χ2n) is 7.70. The van der Waals surface area contributed by atoms with E-state index in [0.717, 1.165) is 39.0 Å². The van der Waals surface area contributed by atoms with Gasteiger partial charge in [-0.25, -0.2) is 10.4 Å². The van der Waals surface area contributed by atoms with Gasteiger partial charge in [-0.15, -0.1) is 0 Å². The average Bonchev–Trinajstić information content (AvgIpc) is 3.33. The van der Waals surface area contributed by atoms with E-state index in [2.05, 4.69) is 20.7 Å². The van der Waals surface area contributed by atoms with Crippen LogP contribution in [0.25, 0.3) is 33.4 Å². The summed E-state index contributed by atoms with van der Waals surface area (Å²) in [4.78, 5) is 17.8. The molecule has 33 heavy (non-hydrogen) atoms. The predicted octanol–water partition coefficient (Wildman–Crippen LogP) is 5.36. The lowest BCUT2D eigenvalue weighted by molar-refractivity contribution is 0.0956. The van der Waals surface area contributed by atoms with Gasteiger partial charge in [-0.05, 0) is 19.1 Å². The minimum Gasteiger partial charge on any atom is -0.277 e. The fourth-order valence-electron chi connectivity index (χ4n) is 3.69. The molecule has 5 aromatic rings. The van der Waals surface area contributed by atoms with E-state index in [1.165, 1.54) is 5.56 Å². The Morgan fingerprint density at radius 3 is 2.52 bits per heavy atom. The van der Waals surface area contributed by atoms with Crippen molar-refractivity contribution in [3.05, 3.63) is 108 Å². The van der Waals surface area contributed by atoms with Crippen LogP contribution in [0.2, 0.25) is 0 Å². The number of rotatable bonds is 5. The van der Waals surface area contributed by atoms with Gasteiger partial charge in [0.1, 0.15) is 0 Å². The predicted molar refractivity (Wildman–Crippen MR) is 131 cm³/mol. The number of aromatic nitrogens is 3. The summed E-state index contributed by atoms with van der Waals surface area (Å²) in [6.45, 7) is 2.04. The molecule has 0 fully saturated rings. The molecule has 0 unspecified atom stereocenters. The van der Waals surface area contributed by atoms with E-state index in [1.807, 2.05) is 85.8 Å². The number of pyridine rings is 1. The molecule has 2 N–H and O–H groups in total. The Bertz CT molecular complexity index is 1450. The summed E-state index contributed by atoms with van der Waals surface area (Å²) in [7, 11) is 0.